The Balaban J connectivity index is 1.74. The summed E-state index contributed by atoms with van der Waals surface area (Å²) in [5.74, 6) is 0.436. The predicted octanol–water partition coefficient (Wildman–Crippen LogP) is 0.241. The van der Waals surface area contributed by atoms with Crippen molar-refractivity contribution in [3.05, 3.63) is 24.3 Å². The maximum absolute atomic E-state index is 12.2. The molecule has 25 heavy (non-hydrogen) atoms. The standard InChI is InChI=1S/C16H24N2O6S/c1-13-11-18(8-9-23-13)25(20,21)10-7-17-16(19)12-24-15-6-4-3-5-14(15)22-2/h3-6,13H,7-12H2,1-2H3,(H,17,19). The summed E-state index contributed by atoms with van der Waals surface area (Å²) in [7, 11) is -1.90. The Hall–Kier alpha value is -1.84. The molecule has 1 fully saturated rings. The number of ether oxygens (including phenoxy) is 3. The normalized spacial score (nSPS) is 18.6. The van der Waals surface area contributed by atoms with Crippen molar-refractivity contribution in [3.63, 3.8) is 0 Å². The third-order valence-electron chi connectivity index (χ3n) is 3.71. The Morgan fingerprint density at radius 1 is 1.36 bits per heavy atom. The van der Waals surface area contributed by atoms with Crippen molar-refractivity contribution < 1.29 is 27.4 Å². The van der Waals surface area contributed by atoms with Crippen molar-refractivity contribution in [2.45, 2.75) is 13.0 Å². The highest BCUT2D eigenvalue weighted by Crippen LogP contribution is 2.25. The summed E-state index contributed by atoms with van der Waals surface area (Å²) in [6.45, 7) is 2.72. The summed E-state index contributed by atoms with van der Waals surface area (Å²) >= 11 is 0. The third-order valence-corrected chi connectivity index (χ3v) is 5.55. The summed E-state index contributed by atoms with van der Waals surface area (Å²) in [6.07, 6.45) is -0.118. The van der Waals surface area contributed by atoms with Gasteiger partial charge in [-0.2, -0.15) is 4.31 Å². The molecule has 1 aromatic carbocycles. The molecular weight excluding hydrogens is 348 g/mol. The van der Waals surface area contributed by atoms with E-state index in [0.717, 1.165) is 0 Å². The SMILES string of the molecule is COc1ccccc1OCC(=O)NCCS(=O)(=O)N1CCOC(C)C1. The Kier molecular flexibility index (Phi) is 7.03. The van der Waals surface area contributed by atoms with Crippen LogP contribution in [-0.4, -0.2) is 70.4 Å². The highest BCUT2D eigenvalue weighted by Gasteiger charge is 2.27. The topological polar surface area (TPSA) is 94.2 Å². The number of carbonyl (C=O) groups is 1. The number of morpholine rings is 1. The molecule has 0 radical (unpaired) electrons. The van der Waals surface area contributed by atoms with Crippen molar-refractivity contribution >= 4 is 15.9 Å². The number of hydrogen-bond acceptors (Lipinski definition) is 6. The molecule has 1 atom stereocenters. The smallest absolute Gasteiger partial charge is 0.257 e. The van der Waals surface area contributed by atoms with Crippen LogP contribution in [0.4, 0.5) is 0 Å². The van der Waals surface area contributed by atoms with Crippen LogP contribution in [0.15, 0.2) is 24.3 Å². The molecule has 9 heteroatoms. The number of sulfonamides is 1. The first-order valence-corrected chi connectivity index (χ1v) is 9.65. The van der Waals surface area contributed by atoms with Gasteiger partial charge in [0.1, 0.15) is 0 Å². The van der Waals surface area contributed by atoms with Gasteiger partial charge in [-0.1, -0.05) is 12.1 Å². The molecule has 140 valence electrons. The first-order chi connectivity index (χ1) is 11.9. The number of para-hydroxylation sites is 2. The number of rotatable bonds is 8. The first kappa shape index (κ1) is 19.5. The minimum absolute atomic E-state index is 0.0299. The summed E-state index contributed by atoms with van der Waals surface area (Å²) in [5, 5.41) is 2.55. The van der Waals surface area contributed by atoms with Gasteiger partial charge in [0, 0.05) is 19.6 Å². The highest BCUT2D eigenvalue weighted by molar-refractivity contribution is 7.89. The lowest BCUT2D eigenvalue weighted by Crippen LogP contribution is -2.46. The van der Waals surface area contributed by atoms with Crippen molar-refractivity contribution in [2.75, 3.05) is 45.7 Å². The molecule has 2 rings (SSSR count). The second-order valence-corrected chi connectivity index (χ2v) is 7.73. The maximum atomic E-state index is 12.2. The molecule has 1 N–H and O–H groups in total. The first-order valence-electron chi connectivity index (χ1n) is 8.04. The molecule has 1 aliphatic heterocycles. The van der Waals surface area contributed by atoms with Crippen molar-refractivity contribution in [3.8, 4) is 11.5 Å². The zero-order valence-electron chi connectivity index (χ0n) is 14.4. The number of carbonyl (C=O) groups excluding carboxylic acids is 1. The zero-order valence-corrected chi connectivity index (χ0v) is 15.3. The second kappa shape index (κ2) is 9.02. The summed E-state index contributed by atoms with van der Waals surface area (Å²) in [4.78, 5) is 11.8. The minimum atomic E-state index is -3.41. The lowest BCUT2D eigenvalue weighted by molar-refractivity contribution is -0.122. The van der Waals surface area contributed by atoms with Gasteiger partial charge in [-0.25, -0.2) is 8.42 Å². The molecule has 0 bridgehead atoms. The molecule has 8 nitrogen and oxygen atoms in total. The molecule has 0 aromatic heterocycles. The van der Waals surface area contributed by atoms with E-state index < -0.39 is 15.9 Å². The number of methoxy groups -OCH3 is 1. The Morgan fingerprint density at radius 3 is 2.76 bits per heavy atom. The summed E-state index contributed by atoms with van der Waals surface area (Å²) in [6, 6.07) is 6.98. The number of nitrogens with one attached hydrogen (secondary N) is 1. The number of nitrogens with zero attached hydrogens (tertiary/aromatic N) is 1. The zero-order chi connectivity index (χ0) is 18.3. The van der Waals surface area contributed by atoms with Gasteiger partial charge in [0.15, 0.2) is 18.1 Å². The van der Waals surface area contributed by atoms with Gasteiger partial charge >= 0.3 is 0 Å². The number of hydrogen-bond donors (Lipinski definition) is 1. The lowest BCUT2D eigenvalue weighted by Gasteiger charge is -2.30. The van der Waals surface area contributed by atoms with Gasteiger partial charge in [0.25, 0.3) is 5.91 Å². The molecule has 1 heterocycles. The Morgan fingerprint density at radius 2 is 2.08 bits per heavy atom. The fraction of sp³-hybridized carbons (Fsp3) is 0.562. The van der Waals surface area contributed by atoms with Crippen LogP contribution in [0.3, 0.4) is 0 Å². The van der Waals surface area contributed by atoms with E-state index in [9.17, 15) is 13.2 Å². The van der Waals surface area contributed by atoms with E-state index in [1.807, 2.05) is 6.92 Å². The van der Waals surface area contributed by atoms with Crippen molar-refractivity contribution in [2.24, 2.45) is 0 Å². The van der Waals surface area contributed by atoms with Crippen molar-refractivity contribution in [1.82, 2.24) is 9.62 Å². The molecule has 1 aromatic rings. The van der Waals surface area contributed by atoms with Crippen LogP contribution in [0.25, 0.3) is 0 Å². The predicted molar refractivity (Wildman–Crippen MR) is 92.3 cm³/mol. The van der Waals surface area contributed by atoms with Gasteiger partial charge in [-0.15, -0.1) is 0 Å². The van der Waals surface area contributed by atoms with Crippen molar-refractivity contribution in [1.29, 1.82) is 0 Å². The number of benzene rings is 1. The van der Waals surface area contributed by atoms with E-state index in [1.54, 1.807) is 24.3 Å². The van der Waals surface area contributed by atoms with Crippen LogP contribution in [-0.2, 0) is 19.6 Å². The monoisotopic (exact) mass is 372 g/mol. The van der Waals surface area contributed by atoms with E-state index in [4.69, 9.17) is 14.2 Å². The van der Waals surface area contributed by atoms with Crippen LogP contribution >= 0.6 is 0 Å². The fourth-order valence-corrected chi connectivity index (χ4v) is 3.83. The molecule has 0 spiro atoms. The van der Waals surface area contributed by atoms with Gasteiger partial charge in [-0.3, -0.25) is 4.79 Å². The molecular formula is C16H24N2O6S. The second-order valence-electron chi connectivity index (χ2n) is 5.64. The third kappa shape index (κ3) is 5.87. The van der Waals surface area contributed by atoms with Crippen LogP contribution in [0.2, 0.25) is 0 Å². The lowest BCUT2D eigenvalue weighted by atomic mass is 10.3. The van der Waals surface area contributed by atoms with Gasteiger partial charge in [0.2, 0.25) is 10.0 Å². The summed E-state index contributed by atoms with van der Waals surface area (Å²) < 4.78 is 41.7. The van der Waals surface area contributed by atoms with Crippen LogP contribution in [0.1, 0.15) is 6.92 Å². The van der Waals surface area contributed by atoms with E-state index in [0.29, 0.717) is 31.2 Å². The quantitative estimate of drug-likeness (QED) is 0.703. The van der Waals surface area contributed by atoms with E-state index in [2.05, 4.69) is 5.32 Å². The maximum Gasteiger partial charge on any atom is 0.257 e. The molecule has 1 saturated heterocycles. The molecule has 0 aliphatic carbocycles. The van der Waals surface area contributed by atoms with Gasteiger partial charge < -0.3 is 19.5 Å². The van der Waals surface area contributed by atoms with Crippen LogP contribution in [0, 0.1) is 0 Å². The van der Waals surface area contributed by atoms with Crippen LogP contribution in [0.5, 0.6) is 11.5 Å². The number of amides is 1. The van der Waals surface area contributed by atoms with Gasteiger partial charge in [0.05, 0.1) is 25.6 Å². The van der Waals surface area contributed by atoms with E-state index >= 15 is 0 Å². The van der Waals surface area contributed by atoms with E-state index in [-0.39, 0.29) is 25.0 Å². The molecule has 1 unspecified atom stereocenters. The van der Waals surface area contributed by atoms with E-state index in [1.165, 1.54) is 11.4 Å². The fourth-order valence-electron chi connectivity index (χ4n) is 2.42. The molecule has 0 saturated carbocycles. The Labute approximate surface area is 148 Å². The average Bonchev–Trinajstić information content (AvgIpc) is 2.60. The average molecular weight is 372 g/mol. The largest absolute Gasteiger partial charge is 0.493 e. The summed E-state index contributed by atoms with van der Waals surface area (Å²) in [5.41, 5.74) is 0. The minimum Gasteiger partial charge on any atom is -0.493 e. The van der Waals surface area contributed by atoms with Gasteiger partial charge in [-0.05, 0) is 19.1 Å². The van der Waals surface area contributed by atoms with Crippen LogP contribution < -0.4 is 14.8 Å². The highest BCUT2D eigenvalue weighted by atomic mass is 32.2. The molecule has 1 aliphatic rings. The Bertz CT molecular complexity index is 679. The molecule has 1 amide bonds.